The molecule has 4 rings (SSSR count). The van der Waals surface area contributed by atoms with E-state index in [1.54, 1.807) is 6.92 Å². The smallest absolute Gasteiger partial charge is 0.351 e. The van der Waals surface area contributed by atoms with Gasteiger partial charge in [0.15, 0.2) is 0 Å². The Kier molecular flexibility index (Phi) is 6.77. The molecule has 0 radical (unpaired) electrons. The third-order valence-electron chi connectivity index (χ3n) is 9.31. The van der Waals surface area contributed by atoms with Gasteiger partial charge in [-0.25, -0.2) is 0 Å². The lowest BCUT2D eigenvalue weighted by molar-refractivity contribution is -0.177. The fraction of sp³-hybridized carbons (Fsp3) is 0.808. The number of nitriles is 1. The average molecular weight is 540 g/mol. The van der Waals surface area contributed by atoms with Crippen molar-refractivity contribution in [2.45, 2.75) is 96.6 Å². The number of carbonyl (C=O) groups excluding carboxylic acids is 4. The van der Waals surface area contributed by atoms with Crippen LogP contribution >= 0.6 is 0 Å². The molecule has 0 spiro atoms. The highest BCUT2D eigenvalue weighted by molar-refractivity contribution is 5.95. The van der Waals surface area contributed by atoms with Crippen LogP contribution in [0.5, 0.6) is 0 Å². The van der Waals surface area contributed by atoms with Crippen molar-refractivity contribution in [1.29, 1.82) is 5.26 Å². The number of alkyl halides is 3. The van der Waals surface area contributed by atoms with Crippen LogP contribution in [-0.4, -0.2) is 64.9 Å². The lowest BCUT2D eigenvalue weighted by atomic mass is 9.65. The number of halogens is 3. The van der Waals surface area contributed by atoms with Crippen LogP contribution in [0.15, 0.2) is 0 Å². The molecule has 210 valence electrons. The van der Waals surface area contributed by atoms with Crippen LogP contribution in [0.1, 0.15) is 66.7 Å². The number of amides is 4. The quantitative estimate of drug-likeness (QED) is 0.456. The van der Waals surface area contributed by atoms with Gasteiger partial charge in [0.05, 0.1) is 6.07 Å². The van der Waals surface area contributed by atoms with Crippen molar-refractivity contribution in [3.05, 3.63) is 0 Å². The number of hydrogen-bond donors (Lipinski definition) is 3. The summed E-state index contributed by atoms with van der Waals surface area (Å²) in [6.45, 7) is 9.53. The van der Waals surface area contributed by atoms with Crippen LogP contribution in [0.25, 0.3) is 0 Å². The predicted octanol–water partition coefficient (Wildman–Crippen LogP) is 2.02. The van der Waals surface area contributed by atoms with Crippen molar-refractivity contribution >= 4 is 23.6 Å². The Morgan fingerprint density at radius 2 is 1.79 bits per heavy atom. The summed E-state index contributed by atoms with van der Waals surface area (Å²) in [7, 11) is 0. The first-order valence-electron chi connectivity index (χ1n) is 13.1. The molecular weight excluding hydrogens is 503 g/mol. The van der Waals surface area contributed by atoms with E-state index in [1.807, 2.05) is 39.1 Å². The Bertz CT molecular complexity index is 1080. The number of hydrogen-bond acceptors (Lipinski definition) is 5. The molecule has 12 heteroatoms. The Labute approximate surface area is 220 Å². The lowest BCUT2D eigenvalue weighted by Crippen LogP contribution is -2.63. The van der Waals surface area contributed by atoms with Crippen molar-refractivity contribution < 1.29 is 32.3 Å². The highest BCUT2D eigenvalue weighted by Crippen LogP contribution is 2.65. The molecule has 0 aromatic carbocycles. The zero-order chi connectivity index (χ0) is 28.4. The summed E-state index contributed by atoms with van der Waals surface area (Å²) in [5, 5.41) is 17.2. The van der Waals surface area contributed by atoms with E-state index in [0.717, 1.165) is 6.42 Å². The first kappa shape index (κ1) is 28.2. The molecule has 6 unspecified atom stereocenters. The highest BCUT2D eigenvalue weighted by Gasteiger charge is 2.70. The maximum Gasteiger partial charge on any atom is 0.471 e. The topological polar surface area (TPSA) is 131 Å². The molecule has 0 aromatic rings. The molecule has 9 nitrogen and oxygen atoms in total. The molecule has 2 saturated heterocycles. The van der Waals surface area contributed by atoms with E-state index < -0.39 is 58.9 Å². The number of fused-ring (bicyclic) bond motifs is 1. The van der Waals surface area contributed by atoms with Gasteiger partial charge >= 0.3 is 12.1 Å². The van der Waals surface area contributed by atoms with Crippen molar-refractivity contribution in [1.82, 2.24) is 20.9 Å². The molecule has 2 heterocycles. The van der Waals surface area contributed by atoms with E-state index in [2.05, 4.69) is 10.6 Å². The normalized spacial score (nSPS) is 31.7. The molecule has 2 aliphatic heterocycles. The highest BCUT2D eigenvalue weighted by atomic mass is 19.4. The summed E-state index contributed by atoms with van der Waals surface area (Å²) < 4.78 is 39.3. The van der Waals surface area contributed by atoms with Gasteiger partial charge in [-0.05, 0) is 62.2 Å². The number of nitrogens with one attached hydrogen (secondary N) is 3. The van der Waals surface area contributed by atoms with Crippen molar-refractivity contribution in [3.63, 3.8) is 0 Å². The SMILES string of the molecule is CC1(C)CC(CC(C#N)NC(=O)C2C3C(CN2C(=O)C(NC(=O)C(F)(F)F)C2(C)CCC2)C3(C)C)C(=O)N1. The first-order valence-corrected chi connectivity index (χ1v) is 13.1. The fourth-order valence-electron chi connectivity index (χ4n) is 6.82. The van der Waals surface area contributed by atoms with E-state index in [9.17, 15) is 37.6 Å². The van der Waals surface area contributed by atoms with Gasteiger partial charge in [0.1, 0.15) is 18.1 Å². The van der Waals surface area contributed by atoms with E-state index in [1.165, 1.54) is 4.90 Å². The Morgan fingerprint density at radius 1 is 1.16 bits per heavy atom. The summed E-state index contributed by atoms with van der Waals surface area (Å²) in [5.41, 5.74) is -1.53. The van der Waals surface area contributed by atoms with E-state index in [0.29, 0.717) is 19.3 Å². The zero-order valence-electron chi connectivity index (χ0n) is 22.4. The second kappa shape index (κ2) is 9.12. The minimum Gasteiger partial charge on any atom is -0.351 e. The summed E-state index contributed by atoms with van der Waals surface area (Å²) >= 11 is 0. The summed E-state index contributed by atoms with van der Waals surface area (Å²) in [6, 6.07) is -1.35. The predicted molar refractivity (Wildman–Crippen MR) is 129 cm³/mol. The monoisotopic (exact) mass is 539 g/mol. The zero-order valence-corrected chi connectivity index (χ0v) is 22.4. The number of carbonyl (C=O) groups is 4. The number of likely N-dealkylation sites (tertiary alicyclic amines) is 1. The van der Waals surface area contributed by atoms with Gasteiger partial charge in [-0.1, -0.05) is 27.2 Å². The minimum atomic E-state index is -5.15. The van der Waals surface area contributed by atoms with Gasteiger partial charge < -0.3 is 20.9 Å². The van der Waals surface area contributed by atoms with Crippen molar-refractivity contribution in [3.8, 4) is 6.07 Å². The first-order chi connectivity index (χ1) is 17.4. The lowest BCUT2D eigenvalue weighted by Gasteiger charge is -2.46. The van der Waals surface area contributed by atoms with Crippen LogP contribution in [0.2, 0.25) is 0 Å². The van der Waals surface area contributed by atoms with Crippen molar-refractivity contribution in [2.75, 3.05) is 6.54 Å². The summed E-state index contributed by atoms with van der Waals surface area (Å²) in [5.74, 6) is -4.37. The maximum absolute atomic E-state index is 13.7. The van der Waals surface area contributed by atoms with E-state index in [4.69, 9.17) is 0 Å². The van der Waals surface area contributed by atoms with Crippen LogP contribution < -0.4 is 16.0 Å². The molecule has 2 saturated carbocycles. The second-order valence-corrected chi connectivity index (χ2v) is 13.0. The van der Waals surface area contributed by atoms with Crippen LogP contribution in [0, 0.1) is 39.9 Å². The molecule has 0 bridgehead atoms. The molecule has 0 aromatic heterocycles. The van der Waals surface area contributed by atoms with Gasteiger partial charge in [-0.2, -0.15) is 18.4 Å². The Hall–Kier alpha value is -2.84. The summed E-state index contributed by atoms with van der Waals surface area (Å²) in [6.07, 6.45) is -2.87. The van der Waals surface area contributed by atoms with Crippen LogP contribution in [0.4, 0.5) is 13.2 Å². The number of rotatable bonds is 7. The molecule has 4 aliphatic rings. The molecular formula is C26H36F3N5O4. The molecule has 38 heavy (non-hydrogen) atoms. The minimum absolute atomic E-state index is 0.0303. The largest absolute Gasteiger partial charge is 0.471 e. The third kappa shape index (κ3) is 4.96. The van der Waals surface area contributed by atoms with Gasteiger partial charge in [0.2, 0.25) is 17.7 Å². The molecule has 4 amide bonds. The second-order valence-electron chi connectivity index (χ2n) is 13.0. The van der Waals surface area contributed by atoms with Crippen LogP contribution in [-0.2, 0) is 19.2 Å². The Balaban J connectivity index is 1.53. The molecule has 3 N–H and O–H groups in total. The summed E-state index contributed by atoms with van der Waals surface area (Å²) in [4.78, 5) is 52.7. The fourth-order valence-corrected chi connectivity index (χ4v) is 6.82. The van der Waals surface area contributed by atoms with Gasteiger partial charge in [0, 0.05) is 18.0 Å². The van der Waals surface area contributed by atoms with E-state index >= 15 is 0 Å². The number of nitrogens with zero attached hydrogens (tertiary/aromatic N) is 2. The maximum atomic E-state index is 13.7. The van der Waals surface area contributed by atoms with Gasteiger partial charge in [0.25, 0.3) is 0 Å². The third-order valence-corrected chi connectivity index (χ3v) is 9.31. The van der Waals surface area contributed by atoms with Crippen LogP contribution in [0.3, 0.4) is 0 Å². The van der Waals surface area contributed by atoms with Crippen molar-refractivity contribution in [2.24, 2.45) is 28.6 Å². The standard InChI is InChI=1S/C26H36F3N5O4/c1-23(2)10-13(19(35)33-23)9-14(11-30)31-20(36)17-16-15(24(16,3)4)12-34(17)21(37)18(25(5)7-6-8-25)32-22(38)26(27,28)29/h13-18H,6-10,12H2,1-5H3,(H,31,36)(H,32,38)(H,33,35). The number of piperidine rings is 1. The average Bonchev–Trinajstić information content (AvgIpc) is 3.07. The van der Waals surface area contributed by atoms with E-state index in [-0.39, 0.29) is 36.1 Å². The molecule has 6 atom stereocenters. The van der Waals surface area contributed by atoms with Gasteiger partial charge in [-0.15, -0.1) is 0 Å². The Morgan fingerprint density at radius 3 is 2.26 bits per heavy atom. The molecule has 2 aliphatic carbocycles. The van der Waals surface area contributed by atoms with Gasteiger partial charge in [-0.3, -0.25) is 19.2 Å². The molecule has 4 fully saturated rings.